The second-order valence-corrected chi connectivity index (χ2v) is 8.90. The normalized spacial score (nSPS) is 15.2. The van der Waals surface area contributed by atoms with Crippen LogP contribution in [0.5, 0.6) is 17.2 Å². The fraction of sp³-hybridized carbons (Fsp3) is 0.296. The highest BCUT2D eigenvalue weighted by molar-refractivity contribution is 7.07. The highest BCUT2D eigenvalue weighted by atomic mass is 32.1. The van der Waals surface area contributed by atoms with Crippen LogP contribution in [-0.2, 0) is 9.53 Å². The van der Waals surface area contributed by atoms with Crippen molar-refractivity contribution in [2.24, 2.45) is 4.99 Å². The van der Waals surface area contributed by atoms with Gasteiger partial charge in [-0.3, -0.25) is 9.36 Å². The molecular formula is C27H28N2O6S. The Morgan fingerprint density at radius 3 is 2.50 bits per heavy atom. The van der Waals surface area contributed by atoms with Gasteiger partial charge in [0, 0.05) is 5.56 Å². The van der Waals surface area contributed by atoms with Crippen LogP contribution in [0.2, 0.25) is 0 Å². The zero-order chi connectivity index (χ0) is 25.8. The van der Waals surface area contributed by atoms with Gasteiger partial charge in [0.25, 0.3) is 5.56 Å². The lowest BCUT2D eigenvalue weighted by Crippen LogP contribution is -2.40. The second-order valence-electron chi connectivity index (χ2n) is 7.89. The molecule has 0 radical (unpaired) electrons. The topological polar surface area (TPSA) is 88.4 Å². The Morgan fingerprint density at radius 1 is 1.06 bits per heavy atom. The lowest BCUT2D eigenvalue weighted by atomic mass is 9.95. The molecule has 36 heavy (non-hydrogen) atoms. The minimum atomic E-state index is -0.742. The molecule has 1 aliphatic rings. The number of carbonyl (C=O) groups is 1. The van der Waals surface area contributed by atoms with Gasteiger partial charge in [0.2, 0.25) is 0 Å². The van der Waals surface area contributed by atoms with Gasteiger partial charge in [-0.05, 0) is 50.6 Å². The van der Waals surface area contributed by atoms with Crippen LogP contribution in [0.1, 0.15) is 37.9 Å². The predicted octanol–water partition coefficient (Wildman–Crippen LogP) is 3.21. The summed E-state index contributed by atoms with van der Waals surface area (Å²) in [5, 5.41) is 0. The van der Waals surface area contributed by atoms with Crippen LogP contribution < -0.4 is 29.1 Å². The third-order valence-electron chi connectivity index (χ3n) is 5.74. The summed E-state index contributed by atoms with van der Waals surface area (Å²) in [7, 11) is 3.13. The molecule has 4 rings (SSSR count). The highest BCUT2D eigenvalue weighted by Gasteiger charge is 2.34. The minimum absolute atomic E-state index is 0.207. The van der Waals surface area contributed by atoms with Crippen molar-refractivity contribution in [2.75, 3.05) is 27.4 Å². The Kier molecular flexibility index (Phi) is 7.59. The number of allylic oxidation sites excluding steroid dienone is 1. The van der Waals surface area contributed by atoms with Gasteiger partial charge in [-0.25, -0.2) is 9.79 Å². The summed E-state index contributed by atoms with van der Waals surface area (Å²) >= 11 is 1.26. The van der Waals surface area contributed by atoms with Gasteiger partial charge in [-0.2, -0.15) is 0 Å². The average molecular weight is 509 g/mol. The van der Waals surface area contributed by atoms with Crippen molar-refractivity contribution >= 4 is 23.4 Å². The molecule has 2 heterocycles. The number of hydrogen-bond donors (Lipinski definition) is 0. The number of benzene rings is 2. The number of rotatable bonds is 8. The number of thiazole rings is 1. The van der Waals surface area contributed by atoms with E-state index in [2.05, 4.69) is 4.99 Å². The summed E-state index contributed by atoms with van der Waals surface area (Å²) in [4.78, 5) is 31.9. The van der Waals surface area contributed by atoms with Gasteiger partial charge in [0.05, 0.1) is 43.2 Å². The van der Waals surface area contributed by atoms with Crippen LogP contribution in [0.4, 0.5) is 0 Å². The molecule has 0 spiro atoms. The van der Waals surface area contributed by atoms with Gasteiger partial charge in [-0.1, -0.05) is 35.6 Å². The first kappa shape index (κ1) is 25.2. The number of hydrogen-bond acceptors (Lipinski definition) is 8. The Morgan fingerprint density at radius 2 is 1.81 bits per heavy atom. The molecule has 0 N–H and O–H groups in total. The van der Waals surface area contributed by atoms with E-state index in [1.165, 1.54) is 11.3 Å². The van der Waals surface area contributed by atoms with E-state index in [9.17, 15) is 9.59 Å². The molecule has 0 saturated carbocycles. The summed E-state index contributed by atoms with van der Waals surface area (Å²) in [6, 6.07) is 12.1. The monoisotopic (exact) mass is 508 g/mol. The zero-order valence-corrected chi connectivity index (χ0v) is 21.7. The molecule has 0 saturated heterocycles. The van der Waals surface area contributed by atoms with Crippen LogP contribution in [-0.4, -0.2) is 38.0 Å². The van der Waals surface area contributed by atoms with Crippen molar-refractivity contribution in [3.8, 4) is 17.2 Å². The molecule has 0 fully saturated rings. The molecule has 8 nitrogen and oxygen atoms in total. The third kappa shape index (κ3) is 4.66. The van der Waals surface area contributed by atoms with E-state index in [-0.39, 0.29) is 12.2 Å². The van der Waals surface area contributed by atoms with Crippen molar-refractivity contribution in [1.29, 1.82) is 0 Å². The Labute approximate surface area is 212 Å². The zero-order valence-electron chi connectivity index (χ0n) is 20.9. The van der Waals surface area contributed by atoms with Crippen LogP contribution in [0, 0.1) is 0 Å². The van der Waals surface area contributed by atoms with Gasteiger partial charge < -0.3 is 18.9 Å². The first-order chi connectivity index (χ1) is 17.4. The number of methoxy groups -OCH3 is 2. The molecule has 9 heteroatoms. The first-order valence-electron chi connectivity index (χ1n) is 11.6. The van der Waals surface area contributed by atoms with Crippen LogP contribution in [0.3, 0.4) is 0 Å². The Hall–Kier alpha value is -3.85. The number of esters is 1. The molecule has 1 atom stereocenters. The molecule has 0 unspecified atom stereocenters. The van der Waals surface area contributed by atoms with Crippen LogP contribution in [0.25, 0.3) is 6.08 Å². The Balaban J connectivity index is 1.93. The SMILES string of the molecule is CCOC(=O)C1=C(C)N=c2s/c(=C/c3ccc(OCC)c(OC)c3)c(=O)n2[C@@H]1c1ccccc1OC. The molecule has 3 aromatic rings. The lowest BCUT2D eigenvalue weighted by Gasteiger charge is -2.25. The standard InChI is InChI=1S/C27H28N2O6S/c1-6-34-20-13-12-17(14-21(20)33-5)15-22-25(30)29-24(18-10-8-9-11-19(18)32-4)23(26(31)35-7-2)16(3)28-27(29)36-22/h8-15,24H,6-7H2,1-5H3/b22-15+/t24-/m1/s1. The van der Waals surface area contributed by atoms with E-state index in [1.807, 2.05) is 43.3 Å². The molecule has 1 aromatic heterocycles. The van der Waals surface area contributed by atoms with Gasteiger partial charge in [0.15, 0.2) is 16.3 Å². The summed E-state index contributed by atoms with van der Waals surface area (Å²) < 4.78 is 24.0. The highest BCUT2D eigenvalue weighted by Crippen LogP contribution is 2.35. The van der Waals surface area contributed by atoms with Gasteiger partial charge >= 0.3 is 5.97 Å². The lowest BCUT2D eigenvalue weighted by molar-refractivity contribution is -0.139. The number of ether oxygens (including phenoxy) is 4. The van der Waals surface area contributed by atoms with E-state index >= 15 is 0 Å². The van der Waals surface area contributed by atoms with Crippen molar-refractivity contribution in [1.82, 2.24) is 4.57 Å². The van der Waals surface area contributed by atoms with Crippen molar-refractivity contribution in [3.63, 3.8) is 0 Å². The van der Waals surface area contributed by atoms with Crippen molar-refractivity contribution < 1.29 is 23.7 Å². The molecule has 188 valence electrons. The fourth-order valence-electron chi connectivity index (χ4n) is 4.18. The molecule has 2 aromatic carbocycles. The quantitative estimate of drug-likeness (QED) is 0.434. The molecule has 1 aliphatic heterocycles. The fourth-order valence-corrected chi connectivity index (χ4v) is 5.22. The number of fused-ring (bicyclic) bond motifs is 1. The summed E-state index contributed by atoms with van der Waals surface area (Å²) in [6.07, 6.45) is 1.78. The van der Waals surface area contributed by atoms with E-state index in [0.717, 1.165) is 5.56 Å². The van der Waals surface area contributed by atoms with E-state index in [1.54, 1.807) is 44.8 Å². The summed E-state index contributed by atoms with van der Waals surface area (Å²) in [6.45, 7) is 6.12. The van der Waals surface area contributed by atoms with Gasteiger partial charge in [0.1, 0.15) is 11.8 Å². The smallest absolute Gasteiger partial charge is 0.338 e. The van der Waals surface area contributed by atoms with Crippen LogP contribution >= 0.6 is 11.3 Å². The maximum absolute atomic E-state index is 13.8. The molecular weight excluding hydrogens is 480 g/mol. The van der Waals surface area contributed by atoms with Crippen molar-refractivity contribution in [3.05, 3.63) is 84.5 Å². The molecule has 0 amide bonds. The number of carbonyl (C=O) groups excluding carboxylic acids is 1. The van der Waals surface area contributed by atoms with Crippen LogP contribution in [0.15, 0.2) is 63.5 Å². The maximum Gasteiger partial charge on any atom is 0.338 e. The predicted molar refractivity (Wildman–Crippen MR) is 138 cm³/mol. The molecule has 0 aliphatic carbocycles. The summed E-state index contributed by atoms with van der Waals surface area (Å²) in [5.41, 5.74) is 1.99. The number of aromatic nitrogens is 1. The Bertz CT molecular complexity index is 1500. The third-order valence-corrected chi connectivity index (χ3v) is 6.72. The van der Waals surface area contributed by atoms with Gasteiger partial charge in [-0.15, -0.1) is 0 Å². The minimum Gasteiger partial charge on any atom is -0.496 e. The van der Waals surface area contributed by atoms with E-state index < -0.39 is 12.0 Å². The second kappa shape index (κ2) is 10.8. The maximum atomic E-state index is 13.8. The number of nitrogens with zero attached hydrogens (tertiary/aromatic N) is 2. The van der Waals surface area contributed by atoms with E-state index in [0.29, 0.717) is 50.0 Å². The molecule has 0 bridgehead atoms. The number of para-hydroxylation sites is 1. The largest absolute Gasteiger partial charge is 0.496 e. The first-order valence-corrected chi connectivity index (χ1v) is 12.4. The average Bonchev–Trinajstić information content (AvgIpc) is 3.18. The summed E-state index contributed by atoms with van der Waals surface area (Å²) in [5.74, 6) is 1.25. The van der Waals surface area contributed by atoms with Crippen molar-refractivity contribution in [2.45, 2.75) is 26.8 Å². The van der Waals surface area contributed by atoms with E-state index in [4.69, 9.17) is 18.9 Å².